The maximum absolute atomic E-state index is 13.0. The van der Waals surface area contributed by atoms with Crippen LogP contribution in [0.1, 0.15) is 28.8 Å². The molecule has 3 aromatic rings. The van der Waals surface area contributed by atoms with Gasteiger partial charge in [-0.05, 0) is 35.9 Å². The van der Waals surface area contributed by atoms with Crippen LogP contribution in [-0.2, 0) is 15.2 Å². The molecule has 3 fully saturated rings. The quantitative estimate of drug-likeness (QED) is 0.212. The summed E-state index contributed by atoms with van der Waals surface area (Å²) in [6, 6.07) is 17.6. The summed E-state index contributed by atoms with van der Waals surface area (Å²) in [6.07, 6.45) is 1.43. The fourth-order valence-corrected chi connectivity index (χ4v) is 6.61. The molecule has 3 saturated heterocycles. The molecule has 210 valence electrons. The van der Waals surface area contributed by atoms with Crippen LogP contribution in [0.25, 0.3) is 0 Å². The van der Waals surface area contributed by atoms with Crippen LogP contribution in [0, 0.1) is 0 Å². The number of piperazine rings is 1. The first kappa shape index (κ1) is 27.6. The van der Waals surface area contributed by atoms with Crippen molar-refractivity contribution in [1.29, 1.82) is 0 Å². The van der Waals surface area contributed by atoms with E-state index in [-0.39, 0.29) is 5.91 Å². The highest BCUT2D eigenvalue weighted by atomic mass is 35.5. The molecule has 40 heavy (non-hydrogen) atoms. The number of halogens is 2. The van der Waals surface area contributed by atoms with Crippen molar-refractivity contribution in [3.8, 4) is 0 Å². The number of thioether (sulfide) groups is 1. The zero-order valence-corrected chi connectivity index (χ0v) is 24.4. The van der Waals surface area contributed by atoms with Crippen LogP contribution in [0.5, 0.6) is 0 Å². The minimum Gasteiger partial charge on any atom is -0.368 e. The number of likely N-dealkylation sites (tertiary alicyclic amines) is 1. The van der Waals surface area contributed by atoms with Gasteiger partial charge in [-0.25, -0.2) is 9.97 Å². The predicted octanol–water partition coefficient (Wildman–Crippen LogP) is 5.38. The highest BCUT2D eigenvalue weighted by Crippen LogP contribution is 2.32. The maximum atomic E-state index is 13.0. The lowest BCUT2D eigenvalue weighted by molar-refractivity contribution is -0.181. The van der Waals surface area contributed by atoms with Gasteiger partial charge in [0.2, 0.25) is 0 Å². The Kier molecular flexibility index (Phi) is 8.37. The van der Waals surface area contributed by atoms with Gasteiger partial charge in [-0.1, -0.05) is 53.2 Å². The van der Waals surface area contributed by atoms with Crippen LogP contribution in [0.4, 0.5) is 11.5 Å². The van der Waals surface area contributed by atoms with E-state index in [1.54, 1.807) is 0 Å². The van der Waals surface area contributed by atoms with Gasteiger partial charge in [-0.15, -0.1) is 0 Å². The second kappa shape index (κ2) is 12.1. The summed E-state index contributed by atoms with van der Waals surface area (Å²) < 4.78 is 11.6. The smallest absolute Gasteiger partial charge is 0.253 e. The van der Waals surface area contributed by atoms with Gasteiger partial charge in [0.15, 0.2) is 10.9 Å². The zero-order chi connectivity index (χ0) is 27.5. The van der Waals surface area contributed by atoms with Gasteiger partial charge in [0.25, 0.3) is 5.91 Å². The normalized spacial score (nSPS) is 18.9. The van der Waals surface area contributed by atoms with Crippen LogP contribution < -0.4 is 9.80 Å². The first-order valence-corrected chi connectivity index (χ1v) is 15.3. The Morgan fingerprint density at radius 1 is 0.875 bits per heavy atom. The van der Waals surface area contributed by atoms with E-state index in [0.717, 1.165) is 48.3 Å². The third kappa shape index (κ3) is 6.34. The minimum atomic E-state index is -0.481. The van der Waals surface area contributed by atoms with E-state index >= 15 is 0 Å². The Balaban J connectivity index is 1.02. The number of aromatic nitrogens is 2. The number of hydrogen-bond donors (Lipinski definition) is 0. The van der Waals surface area contributed by atoms with E-state index in [1.807, 2.05) is 53.4 Å². The third-order valence-electron chi connectivity index (χ3n) is 7.63. The van der Waals surface area contributed by atoms with Gasteiger partial charge in [-0.2, -0.15) is 0 Å². The molecule has 0 bridgehead atoms. The van der Waals surface area contributed by atoms with Crippen molar-refractivity contribution < 1.29 is 14.3 Å². The van der Waals surface area contributed by atoms with Crippen molar-refractivity contribution in [3.05, 3.63) is 75.9 Å². The maximum Gasteiger partial charge on any atom is 0.253 e. The Hall–Kier alpha value is -2.56. The van der Waals surface area contributed by atoms with E-state index in [4.69, 9.17) is 37.7 Å². The Morgan fingerprint density at radius 3 is 2.27 bits per heavy atom. The first-order chi connectivity index (χ1) is 19.5. The van der Waals surface area contributed by atoms with Crippen LogP contribution >= 0.6 is 35.0 Å². The van der Waals surface area contributed by atoms with E-state index < -0.39 is 5.79 Å². The van der Waals surface area contributed by atoms with E-state index in [2.05, 4.69) is 20.9 Å². The summed E-state index contributed by atoms with van der Waals surface area (Å²) >= 11 is 14.1. The average molecular weight is 601 g/mol. The average Bonchev–Trinajstić information content (AvgIpc) is 3.44. The summed E-state index contributed by atoms with van der Waals surface area (Å²) in [6.45, 7) is 5.95. The van der Waals surface area contributed by atoms with E-state index in [1.165, 1.54) is 11.8 Å². The number of benzene rings is 2. The van der Waals surface area contributed by atoms with Crippen molar-refractivity contribution >= 4 is 52.4 Å². The third-order valence-corrected chi connectivity index (χ3v) is 8.98. The molecule has 8 nitrogen and oxygen atoms in total. The molecule has 3 aliphatic rings. The SMILES string of the molecule is O=C(c1ccc(CSc2nc(Cl)cc(N3CCN(c4cccc(Cl)c4)CC3)n2)cc1)N1CCC2(CC1)OCCO2. The minimum absolute atomic E-state index is 0.0466. The molecule has 11 heteroatoms. The molecule has 0 saturated carbocycles. The first-order valence-electron chi connectivity index (χ1n) is 13.6. The number of piperidine rings is 1. The fraction of sp³-hybridized carbons (Fsp3) is 0.414. The lowest BCUT2D eigenvalue weighted by Crippen LogP contribution is -2.47. The number of carbonyl (C=O) groups is 1. The highest BCUT2D eigenvalue weighted by Gasteiger charge is 2.40. The number of nitrogens with zero attached hydrogens (tertiary/aromatic N) is 5. The molecule has 0 atom stereocenters. The van der Waals surface area contributed by atoms with Gasteiger partial charge in [0, 0.05) is 80.2 Å². The Labute approximate surface area is 248 Å². The number of anilines is 2. The van der Waals surface area contributed by atoms with Crippen LogP contribution in [0.2, 0.25) is 10.2 Å². The molecule has 1 aromatic heterocycles. The molecular weight excluding hydrogens is 569 g/mol. The Morgan fingerprint density at radius 2 is 1.57 bits per heavy atom. The summed E-state index contributed by atoms with van der Waals surface area (Å²) in [7, 11) is 0. The standard InChI is InChI=1S/C29H31Cl2N5O3S/c30-23-2-1-3-24(18-23)34-12-14-35(15-13-34)26-19-25(31)32-28(33-26)40-20-21-4-6-22(7-5-21)27(37)36-10-8-29(9-11-36)38-16-17-39-29/h1-7,18-19H,8-17,20H2. The van der Waals surface area contributed by atoms with Crippen molar-refractivity contribution in [2.24, 2.45) is 0 Å². The van der Waals surface area contributed by atoms with Gasteiger partial charge < -0.3 is 24.2 Å². The molecule has 4 heterocycles. The molecule has 1 amide bonds. The lowest BCUT2D eigenvalue weighted by Gasteiger charge is -2.37. The molecule has 0 radical (unpaired) electrons. The van der Waals surface area contributed by atoms with Gasteiger partial charge in [0.05, 0.1) is 13.2 Å². The monoisotopic (exact) mass is 599 g/mol. The van der Waals surface area contributed by atoms with Gasteiger partial charge >= 0.3 is 0 Å². The molecule has 2 aromatic carbocycles. The van der Waals surface area contributed by atoms with Crippen molar-refractivity contribution in [1.82, 2.24) is 14.9 Å². The van der Waals surface area contributed by atoms with Crippen LogP contribution in [0.3, 0.4) is 0 Å². The number of rotatable bonds is 6. The van der Waals surface area contributed by atoms with Crippen LogP contribution in [-0.4, -0.2) is 79.0 Å². The number of hydrogen-bond acceptors (Lipinski definition) is 8. The number of amides is 1. The summed E-state index contributed by atoms with van der Waals surface area (Å²) in [5, 5.41) is 1.82. The fourth-order valence-electron chi connectivity index (χ4n) is 5.39. The molecule has 0 unspecified atom stereocenters. The second-order valence-corrected chi connectivity index (χ2v) is 11.9. The van der Waals surface area contributed by atoms with E-state index in [9.17, 15) is 4.79 Å². The molecule has 1 spiro atoms. The lowest BCUT2D eigenvalue weighted by atomic mass is 10.0. The second-order valence-electron chi connectivity index (χ2n) is 10.2. The molecule has 3 aliphatic heterocycles. The molecule has 0 N–H and O–H groups in total. The molecule has 0 aliphatic carbocycles. The van der Waals surface area contributed by atoms with Crippen molar-refractivity contribution in [2.45, 2.75) is 29.5 Å². The van der Waals surface area contributed by atoms with Crippen molar-refractivity contribution in [2.75, 3.05) is 62.3 Å². The molecule has 6 rings (SSSR count). The van der Waals surface area contributed by atoms with Gasteiger partial charge in [0.1, 0.15) is 11.0 Å². The molecular formula is C29H31Cl2N5O3S. The van der Waals surface area contributed by atoms with E-state index in [0.29, 0.717) is 60.8 Å². The largest absolute Gasteiger partial charge is 0.368 e. The highest BCUT2D eigenvalue weighted by molar-refractivity contribution is 7.98. The Bertz CT molecular complexity index is 1340. The van der Waals surface area contributed by atoms with Crippen molar-refractivity contribution in [3.63, 3.8) is 0 Å². The predicted molar refractivity (Wildman–Crippen MR) is 159 cm³/mol. The number of carbonyl (C=O) groups excluding carboxylic acids is 1. The zero-order valence-electron chi connectivity index (χ0n) is 22.1. The topological polar surface area (TPSA) is 71.0 Å². The number of ether oxygens (including phenoxy) is 2. The van der Waals surface area contributed by atoms with Crippen LogP contribution in [0.15, 0.2) is 59.8 Å². The van der Waals surface area contributed by atoms with Gasteiger partial charge in [-0.3, -0.25) is 4.79 Å². The summed E-state index contributed by atoms with van der Waals surface area (Å²) in [5.74, 6) is 1.08. The summed E-state index contributed by atoms with van der Waals surface area (Å²) in [4.78, 5) is 28.7. The summed E-state index contributed by atoms with van der Waals surface area (Å²) in [5.41, 5.74) is 2.91.